The molecule has 1 aromatic carbocycles. The van der Waals surface area contributed by atoms with Crippen molar-refractivity contribution in [1.29, 1.82) is 0 Å². The molecule has 0 aromatic heterocycles. The largest absolute Gasteiger partial charge is 0.479 e. The molecular weight excluding hydrogens is 334 g/mol. The Bertz CT molecular complexity index is 458. The second kappa shape index (κ2) is 13.5. The molecule has 10 heteroatoms. The maximum Gasteiger partial charge on any atom is 0.335 e. The van der Waals surface area contributed by atoms with Gasteiger partial charge in [-0.1, -0.05) is 29.8 Å². The zero-order chi connectivity index (χ0) is 18.4. The van der Waals surface area contributed by atoms with Crippen LogP contribution < -0.4 is 5.73 Å². The lowest BCUT2D eigenvalue weighted by Gasteiger charge is -2.07. The van der Waals surface area contributed by atoms with Gasteiger partial charge in [-0.15, -0.1) is 0 Å². The topological polar surface area (TPSA) is 167 Å². The van der Waals surface area contributed by atoms with Crippen molar-refractivity contribution in [1.82, 2.24) is 0 Å². The highest BCUT2D eigenvalue weighted by Gasteiger charge is 2.29. The molecule has 0 aliphatic rings. The predicted octanol–water partition coefficient (Wildman–Crippen LogP) is -0.664. The molecule has 9 nitrogen and oxygen atoms in total. The van der Waals surface area contributed by atoms with Gasteiger partial charge in [0.2, 0.25) is 0 Å². The monoisotopic (exact) mass is 351 g/mol. The summed E-state index contributed by atoms with van der Waals surface area (Å²) in [5.74, 6) is -3.92. The third-order valence-electron chi connectivity index (χ3n) is 1.93. The number of carbonyl (C=O) groups is 3. The molecule has 0 spiro atoms. The molecule has 6 N–H and O–H groups in total. The molecule has 1 rings (SSSR count). The lowest BCUT2D eigenvalue weighted by Crippen LogP contribution is -2.39. The molecule has 0 saturated heterocycles. The second-order valence-corrected chi connectivity index (χ2v) is 4.08. The summed E-state index contributed by atoms with van der Waals surface area (Å²) in [5, 5.41) is 33.3. The molecule has 130 valence electrons. The van der Waals surface area contributed by atoms with Crippen molar-refractivity contribution in [3.8, 4) is 0 Å². The fourth-order valence-electron chi connectivity index (χ4n) is 0.768. The molecule has 0 amide bonds. The number of aliphatic hydroxyl groups is 2. The molecule has 0 fully saturated rings. The van der Waals surface area contributed by atoms with Gasteiger partial charge in [0, 0.05) is 5.02 Å². The van der Waals surface area contributed by atoms with Gasteiger partial charge in [0.1, 0.15) is 0 Å². The molecule has 0 heterocycles. The summed E-state index contributed by atoms with van der Waals surface area (Å²) < 4.78 is 4.14. The Morgan fingerprint density at radius 1 is 1.09 bits per heavy atom. The minimum absolute atomic E-state index is 0.0312. The Morgan fingerprint density at radius 2 is 1.48 bits per heavy atom. The normalized spacial score (nSPS) is 11.5. The summed E-state index contributed by atoms with van der Waals surface area (Å²) in [6.07, 6.45) is -4.53. The van der Waals surface area contributed by atoms with Gasteiger partial charge in [-0.2, -0.15) is 0 Å². The molecule has 0 aliphatic heterocycles. The molecule has 2 unspecified atom stereocenters. The number of aliphatic carboxylic acids is 2. The number of hydrogen-bond acceptors (Lipinski definition) is 7. The predicted molar refractivity (Wildman–Crippen MR) is 79.8 cm³/mol. The summed E-state index contributed by atoms with van der Waals surface area (Å²) in [6, 6.07) is 9.44. The fraction of sp³-hybridized carbons (Fsp3) is 0.308. The average molecular weight is 352 g/mol. The number of esters is 1. The van der Waals surface area contributed by atoms with E-state index in [1.165, 1.54) is 7.11 Å². The maximum absolute atomic E-state index is 9.83. The van der Waals surface area contributed by atoms with Crippen molar-refractivity contribution in [2.24, 2.45) is 5.73 Å². The molecule has 0 saturated carbocycles. The van der Waals surface area contributed by atoms with Crippen LogP contribution in [0.25, 0.3) is 0 Å². The van der Waals surface area contributed by atoms with E-state index < -0.39 is 24.1 Å². The van der Waals surface area contributed by atoms with E-state index in [9.17, 15) is 14.4 Å². The first-order valence-corrected chi connectivity index (χ1v) is 6.34. The van der Waals surface area contributed by atoms with Crippen LogP contribution in [0, 0.1) is 0 Å². The first kappa shape index (κ1) is 23.1. The molecule has 0 radical (unpaired) electrons. The van der Waals surface area contributed by atoms with Crippen LogP contribution in [0.2, 0.25) is 5.02 Å². The molecular formula is C13H18ClNO8. The van der Waals surface area contributed by atoms with E-state index in [1.54, 1.807) is 0 Å². The van der Waals surface area contributed by atoms with Gasteiger partial charge in [0.25, 0.3) is 0 Å². The fourth-order valence-corrected chi connectivity index (χ4v) is 0.914. The minimum atomic E-state index is -2.27. The van der Waals surface area contributed by atoms with Gasteiger partial charge in [0.15, 0.2) is 12.2 Å². The van der Waals surface area contributed by atoms with Crippen LogP contribution in [-0.2, 0) is 19.1 Å². The Morgan fingerprint density at radius 3 is 1.61 bits per heavy atom. The number of rotatable bonds is 4. The van der Waals surface area contributed by atoms with E-state index in [0.717, 1.165) is 5.02 Å². The van der Waals surface area contributed by atoms with Crippen LogP contribution in [0.4, 0.5) is 0 Å². The smallest absolute Gasteiger partial charge is 0.335 e. The number of carboxylic acids is 2. The summed E-state index contributed by atoms with van der Waals surface area (Å²) in [6.45, 7) is -0.0312. The van der Waals surface area contributed by atoms with Gasteiger partial charge in [-0.05, 0) is 12.1 Å². The van der Waals surface area contributed by atoms with E-state index in [4.69, 9.17) is 37.8 Å². The molecule has 0 aliphatic carbocycles. The number of hydrogen-bond donors (Lipinski definition) is 5. The summed E-state index contributed by atoms with van der Waals surface area (Å²) in [4.78, 5) is 29.4. The second-order valence-electron chi connectivity index (χ2n) is 3.64. The Kier molecular flexibility index (Phi) is 13.5. The summed E-state index contributed by atoms with van der Waals surface area (Å²) in [5.41, 5.74) is 4.81. The van der Waals surface area contributed by atoms with Crippen molar-refractivity contribution >= 4 is 29.5 Å². The number of carboxylic acid groups (broad SMARTS) is 2. The van der Waals surface area contributed by atoms with Gasteiger partial charge in [-0.3, -0.25) is 4.79 Å². The van der Waals surface area contributed by atoms with Gasteiger partial charge in [0.05, 0.1) is 13.7 Å². The van der Waals surface area contributed by atoms with Crippen LogP contribution in [0.15, 0.2) is 30.3 Å². The van der Waals surface area contributed by atoms with Crippen LogP contribution in [0.3, 0.4) is 0 Å². The van der Waals surface area contributed by atoms with Crippen LogP contribution in [-0.4, -0.2) is 64.2 Å². The third kappa shape index (κ3) is 13.2. The molecule has 0 bridgehead atoms. The van der Waals surface area contributed by atoms with Gasteiger partial charge >= 0.3 is 17.9 Å². The Hall–Kier alpha value is -2.20. The number of benzene rings is 1. The average Bonchev–Trinajstić information content (AvgIpc) is 2.54. The van der Waals surface area contributed by atoms with E-state index in [2.05, 4.69) is 4.74 Å². The number of methoxy groups -OCH3 is 1. The highest BCUT2D eigenvalue weighted by atomic mass is 35.5. The van der Waals surface area contributed by atoms with Crippen molar-refractivity contribution in [2.75, 3.05) is 13.7 Å². The number of carbonyl (C=O) groups excluding carboxylic acids is 1. The number of nitrogens with two attached hydrogens (primary N) is 1. The highest BCUT2D eigenvalue weighted by Crippen LogP contribution is 2.03. The van der Waals surface area contributed by atoms with Crippen LogP contribution >= 0.6 is 11.6 Å². The van der Waals surface area contributed by atoms with Gasteiger partial charge < -0.3 is 30.9 Å². The van der Waals surface area contributed by atoms with Crippen LogP contribution in [0.1, 0.15) is 0 Å². The minimum Gasteiger partial charge on any atom is -0.479 e. The van der Waals surface area contributed by atoms with Gasteiger partial charge in [-0.25, -0.2) is 9.59 Å². The van der Waals surface area contributed by atoms with Crippen molar-refractivity contribution in [2.45, 2.75) is 12.2 Å². The lowest BCUT2D eigenvalue weighted by atomic mass is 10.2. The SMILES string of the molecule is COC(=O)CN.Clc1ccccc1.O=C(O)C(O)C(O)C(=O)O. The van der Waals surface area contributed by atoms with E-state index in [-0.39, 0.29) is 12.5 Å². The molecule has 1 aromatic rings. The van der Waals surface area contributed by atoms with Crippen molar-refractivity contribution < 1.29 is 39.5 Å². The van der Waals surface area contributed by atoms with E-state index in [1.807, 2.05) is 30.3 Å². The summed E-state index contributed by atoms with van der Waals surface area (Å²) >= 11 is 5.54. The summed E-state index contributed by atoms with van der Waals surface area (Å²) in [7, 11) is 1.30. The molecule has 2 atom stereocenters. The van der Waals surface area contributed by atoms with Crippen molar-refractivity contribution in [3.63, 3.8) is 0 Å². The number of aliphatic hydroxyl groups excluding tert-OH is 2. The number of halogens is 1. The van der Waals surface area contributed by atoms with Crippen LogP contribution in [0.5, 0.6) is 0 Å². The maximum atomic E-state index is 9.83. The zero-order valence-corrected chi connectivity index (χ0v) is 12.9. The lowest BCUT2D eigenvalue weighted by molar-refractivity contribution is -0.165. The van der Waals surface area contributed by atoms with E-state index >= 15 is 0 Å². The first-order valence-electron chi connectivity index (χ1n) is 5.96. The number of ether oxygens (including phenoxy) is 1. The van der Waals surface area contributed by atoms with Crippen molar-refractivity contribution in [3.05, 3.63) is 35.4 Å². The highest BCUT2D eigenvalue weighted by molar-refractivity contribution is 6.30. The molecule has 23 heavy (non-hydrogen) atoms. The first-order chi connectivity index (χ1) is 10.7. The quantitative estimate of drug-likeness (QED) is 0.442. The van der Waals surface area contributed by atoms with E-state index in [0.29, 0.717) is 0 Å². The Balaban J connectivity index is 0. The Labute approximate surface area is 136 Å². The standard InChI is InChI=1S/C6H5Cl.C4H6O6.C3H7NO2/c7-6-4-2-1-3-5-6;5-1(3(7)8)2(6)4(9)10;1-6-3(5)2-4/h1-5H;1-2,5-6H,(H,7,8)(H,9,10);2,4H2,1H3. The zero-order valence-electron chi connectivity index (χ0n) is 12.1. The third-order valence-corrected chi connectivity index (χ3v) is 2.18.